The van der Waals surface area contributed by atoms with Crippen LogP contribution < -0.4 is 14.2 Å². The summed E-state index contributed by atoms with van der Waals surface area (Å²) in [6.45, 7) is 10.7. The fourth-order valence-electron chi connectivity index (χ4n) is 4.43. The summed E-state index contributed by atoms with van der Waals surface area (Å²) in [5.74, 6) is 0.198. The molecule has 1 aliphatic rings. The molecule has 0 saturated carbocycles. The number of amides is 1. The van der Waals surface area contributed by atoms with E-state index < -0.39 is 17.7 Å². The summed E-state index contributed by atoms with van der Waals surface area (Å²) in [5.41, 5.74) is 1.78. The normalized spacial score (nSPS) is 17.6. The zero-order chi connectivity index (χ0) is 25.9. The monoisotopic (exact) mass is 481 g/mol. The second-order valence-corrected chi connectivity index (χ2v) is 9.50. The molecule has 0 radical (unpaired) electrons. The van der Waals surface area contributed by atoms with Crippen molar-refractivity contribution in [2.24, 2.45) is 0 Å². The van der Waals surface area contributed by atoms with E-state index in [0.717, 1.165) is 5.56 Å². The summed E-state index contributed by atoms with van der Waals surface area (Å²) in [7, 11) is 3.15. The number of carbonyl (C=O) groups excluding carboxylic acids is 2. The van der Waals surface area contributed by atoms with Crippen molar-refractivity contribution < 1.29 is 28.9 Å². The molecule has 1 saturated heterocycles. The van der Waals surface area contributed by atoms with Gasteiger partial charge in [-0.3, -0.25) is 9.59 Å². The van der Waals surface area contributed by atoms with Crippen LogP contribution >= 0.6 is 0 Å². The summed E-state index contributed by atoms with van der Waals surface area (Å²) in [4.78, 5) is 27.8. The first-order valence-electron chi connectivity index (χ1n) is 11.9. The van der Waals surface area contributed by atoms with Gasteiger partial charge in [0.1, 0.15) is 11.5 Å². The van der Waals surface area contributed by atoms with Gasteiger partial charge in [0.2, 0.25) is 0 Å². The van der Waals surface area contributed by atoms with Crippen molar-refractivity contribution in [2.75, 3.05) is 27.4 Å². The largest absolute Gasteiger partial charge is 0.507 e. The highest BCUT2D eigenvalue weighted by Gasteiger charge is 2.46. The number of nitrogens with zero attached hydrogens (tertiary/aromatic N) is 1. The lowest BCUT2D eigenvalue weighted by atomic mass is 9.84. The Hall–Kier alpha value is -3.48. The van der Waals surface area contributed by atoms with Gasteiger partial charge in [-0.05, 0) is 54.7 Å². The van der Waals surface area contributed by atoms with Gasteiger partial charge in [0.15, 0.2) is 11.5 Å². The van der Waals surface area contributed by atoms with E-state index in [2.05, 4.69) is 0 Å². The molecular weight excluding hydrogens is 446 g/mol. The van der Waals surface area contributed by atoms with E-state index >= 15 is 0 Å². The average Bonchev–Trinajstić information content (AvgIpc) is 3.08. The van der Waals surface area contributed by atoms with Gasteiger partial charge in [0, 0.05) is 17.7 Å². The summed E-state index contributed by atoms with van der Waals surface area (Å²) in [6, 6.07) is 9.85. The van der Waals surface area contributed by atoms with Gasteiger partial charge in [-0.1, -0.05) is 33.8 Å². The van der Waals surface area contributed by atoms with Crippen LogP contribution in [0.5, 0.6) is 17.2 Å². The molecule has 7 nitrogen and oxygen atoms in total. The molecule has 1 fully saturated rings. The van der Waals surface area contributed by atoms with Crippen molar-refractivity contribution in [3.8, 4) is 17.2 Å². The second kappa shape index (κ2) is 10.4. The van der Waals surface area contributed by atoms with Crippen molar-refractivity contribution in [3.05, 3.63) is 58.7 Å². The number of carbonyl (C=O) groups is 2. The SMILES string of the molecule is CCCN1C(=O)C(=O)/C(=C(/O)c2ccc(OC)c(C(C)(C)C)c2)C1c1ccc(OC)c(OCC)c1. The predicted octanol–water partition coefficient (Wildman–Crippen LogP) is 5.23. The highest BCUT2D eigenvalue weighted by atomic mass is 16.5. The van der Waals surface area contributed by atoms with Gasteiger partial charge in [-0.25, -0.2) is 0 Å². The first-order valence-corrected chi connectivity index (χ1v) is 11.9. The molecule has 0 aliphatic carbocycles. The lowest BCUT2D eigenvalue weighted by molar-refractivity contribution is -0.139. The van der Waals surface area contributed by atoms with E-state index in [0.29, 0.717) is 47.9 Å². The molecular formula is C28H35NO6. The third kappa shape index (κ3) is 4.99. The molecule has 2 aromatic rings. The summed E-state index contributed by atoms with van der Waals surface area (Å²) in [5, 5.41) is 11.4. The summed E-state index contributed by atoms with van der Waals surface area (Å²) < 4.78 is 16.6. The summed E-state index contributed by atoms with van der Waals surface area (Å²) >= 11 is 0. The van der Waals surface area contributed by atoms with E-state index in [1.54, 1.807) is 44.6 Å². The molecule has 0 aromatic heterocycles. The number of benzene rings is 2. The predicted molar refractivity (Wildman–Crippen MR) is 135 cm³/mol. The minimum atomic E-state index is -0.750. The zero-order valence-electron chi connectivity index (χ0n) is 21.6. The Morgan fingerprint density at radius 1 is 0.971 bits per heavy atom. The molecule has 7 heteroatoms. The van der Waals surface area contributed by atoms with Gasteiger partial charge < -0.3 is 24.2 Å². The number of likely N-dealkylation sites (tertiary alicyclic amines) is 1. The minimum Gasteiger partial charge on any atom is -0.507 e. The summed E-state index contributed by atoms with van der Waals surface area (Å²) in [6.07, 6.45) is 0.661. The fraction of sp³-hybridized carbons (Fsp3) is 0.429. The molecule has 0 bridgehead atoms. The number of hydrogen-bond donors (Lipinski definition) is 1. The second-order valence-electron chi connectivity index (χ2n) is 9.50. The number of hydrogen-bond acceptors (Lipinski definition) is 6. The quantitative estimate of drug-likeness (QED) is 0.316. The Kier molecular flexibility index (Phi) is 7.78. The van der Waals surface area contributed by atoms with Gasteiger partial charge in [-0.2, -0.15) is 0 Å². The van der Waals surface area contributed by atoms with Crippen LogP contribution in [0.25, 0.3) is 5.76 Å². The smallest absolute Gasteiger partial charge is 0.295 e. The van der Waals surface area contributed by atoms with E-state index in [9.17, 15) is 14.7 Å². The Morgan fingerprint density at radius 2 is 1.63 bits per heavy atom. The lowest BCUT2D eigenvalue weighted by Crippen LogP contribution is -2.30. The standard InChI is InChI=1S/C28H35NO6/c1-8-14-29-24(17-10-13-21(34-7)22(16-17)35-9-2)23(26(31)27(29)32)25(30)18-11-12-20(33-6)19(15-18)28(3,4)5/h10-13,15-16,24,30H,8-9,14H2,1-7H3/b25-23+. The van der Waals surface area contributed by atoms with E-state index in [4.69, 9.17) is 14.2 Å². The Bertz CT molecular complexity index is 1140. The maximum atomic E-state index is 13.2. The topological polar surface area (TPSA) is 85.3 Å². The molecule has 1 unspecified atom stereocenters. The molecule has 1 amide bonds. The van der Waals surface area contributed by atoms with Crippen LogP contribution in [0.15, 0.2) is 42.0 Å². The van der Waals surface area contributed by atoms with E-state index in [1.165, 1.54) is 4.90 Å². The third-order valence-electron chi connectivity index (χ3n) is 6.09. The van der Waals surface area contributed by atoms with Crippen molar-refractivity contribution in [2.45, 2.75) is 52.5 Å². The maximum absolute atomic E-state index is 13.2. The number of aliphatic hydroxyl groups is 1. The number of aliphatic hydroxyl groups excluding tert-OH is 1. The van der Waals surface area contributed by atoms with Gasteiger partial charge >= 0.3 is 0 Å². The number of ether oxygens (including phenoxy) is 3. The van der Waals surface area contributed by atoms with Crippen LogP contribution in [0.1, 0.15) is 63.8 Å². The highest BCUT2D eigenvalue weighted by Crippen LogP contribution is 2.43. The number of Topliss-reactive ketones (excluding diaryl/α,β-unsaturated/α-hetero) is 1. The van der Waals surface area contributed by atoms with Crippen LogP contribution in [0.2, 0.25) is 0 Å². The molecule has 1 N–H and O–H groups in total. The molecule has 3 rings (SSSR count). The van der Waals surface area contributed by atoms with Gasteiger partial charge in [-0.15, -0.1) is 0 Å². The molecule has 188 valence electrons. The van der Waals surface area contributed by atoms with Crippen molar-refractivity contribution in [1.82, 2.24) is 4.90 Å². The molecule has 1 atom stereocenters. The molecule has 0 spiro atoms. The zero-order valence-corrected chi connectivity index (χ0v) is 21.6. The Morgan fingerprint density at radius 3 is 2.20 bits per heavy atom. The van der Waals surface area contributed by atoms with Gasteiger partial charge in [0.05, 0.1) is 32.4 Å². The van der Waals surface area contributed by atoms with E-state index in [-0.39, 0.29) is 16.7 Å². The lowest BCUT2D eigenvalue weighted by Gasteiger charge is -2.26. The molecule has 1 heterocycles. The fourth-order valence-corrected chi connectivity index (χ4v) is 4.43. The number of ketones is 1. The molecule has 2 aromatic carbocycles. The van der Waals surface area contributed by atoms with Crippen LogP contribution in [0, 0.1) is 0 Å². The van der Waals surface area contributed by atoms with Crippen molar-refractivity contribution >= 4 is 17.4 Å². The maximum Gasteiger partial charge on any atom is 0.295 e. The first kappa shape index (κ1) is 26.1. The first-order chi connectivity index (χ1) is 16.6. The van der Waals surface area contributed by atoms with Crippen LogP contribution in [-0.2, 0) is 15.0 Å². The number of methoxy groups -OCH3 is 2. The molecule has 35 heavy (non-hydrogen) atoms. The van der Waals surface area contributed by atoms with Crippen LogP contribution in [-0.4, -0.2) is 49.1 Å². The van der Waals surface area contributed by atoms with E-state index in [1.807, 2.05) is 40.7 Å². The number of rotatable bonds is 8. The highest BCUT2D eigenvalue weighted by molar-refractivity contribution is 6.46. The van der Waals surface area contributed by atoms with Gasteiger partial charge in [0.25, 0.3) is 11.7 Å². The van der Waals surface area contributed by atoms with Crippen molar-refractivity contribution in [1.29, 1.82) is 0 Å². The third-order valence-corrected chi connectivity index (χ3v) is 6.09. The minimum absolute atomic E-state index is 0.0566. The Labute approximate surface area is 207 Å². The van der Waals surface area contributed by atoms with Crippen LogP contribution in [0.3, 0.4) is 0 Å². The Balaban J connectivity index is 2.25. The molecule has 1 aliphatic heterocycles. The van der Waals surface area contributed by atoms with Crippen molar-refractivity contribution in [3.63, 3.8) is 0 Å². The average molecular weight is 482 g/mol. The van der Waals surface area contributed by atoms with Crippen LogP contribution in [0.4, 0.5) is 0 Å².